The van der Waals surface area contributed by atoms with Gasteiger partial charge in [0.25, 0.3) is 5.91 Å². The van der Waals surface area contributed by atoms with Crippen LogP contribution >= 0.6 is 0 Å². The van der Waals surface area contributed by atoms with E-state index in [-0.39, 0.29) is 12.5 Å². The number of aromatic amines is 1. The van der Waals surface area contributed by atoms with E-state index >= 15 is 0 Å². The molecule has 4 rings (SSSR count). The Bertz CT molecular complexity index is 1070. The number of hydrogen-bond acceptors (Lipinski definition) is 6. The van der Waals surface area contributed by atoms with Gasteiger partial charge in [0.1, 0.15) is 30.4 Å². The molecule has 2 amide bonds. The van der Waals surface area contributed by atoms with Crippen LogP contribution in [0.4, 0.5) is 5.69 Å². The molecule has 9 heteroatoms. The number of carbonyl (C=O) groups is 2. The van der Waals surface area contributed by atoms with Crippen LogP contribution in [0.3, 0.4) is 0 Å². The average Bonchev–Trinajstić information content (AvgIpc) is 3.22. The molecule has 0 aliphatic carbocycles. The molecule has 2 aromatic carbocycles. The first-order chi connectivity index (χ1) is 14.6. The highest BCUT2D eigenvalue weighted by atomic mass is 16.6. The lowest BCUT2D eigenvalue weighted by Gasteiger charge is -2.19. The van der Waals surface area contributed by atoms with E-state index in [4.69, 9.17) is 18.9 Å². The van der Waals surface area contributed by atoms with Gasteiger partial charge in [-0.05, 0) is 30.3 Å². The van der Waals surface area contributed by atoms with E-state index in [1.165, 1.54) is 0 Å². The molecule has 1 aliphatic heterocycles. The van der Waals surface area contributed by atoms with E-state index in [1.807, 2.05) is 0 Å². The summed E-state index contributed by atoms with van der Waals surface area (Å²) in [5, 5.41) is 6.03. The zero-order valence-electron chi connectivity index (χ0n) is 16.5. The maximum absolute atomic E-state index is 12.5. The van der Waals surface area contributed by atoms with Crippen molar-refractivity contribution < 1.29 is 28.5 Å². The summed E-state index contributed by atoms with van der Waals surface area (Å²) in [4.78, 5) is 27.8. The second-order valence-corrected chi connectivity index (χ2v) is 6.53. The molecular weight excluding hydrogens is 390 g/mol. The van der Waals surface area contributed by atoms with Gasteiger partial charge in [0.15, 0.2) is 11.5 Å². The van der Waals surface area contributed by atoms with Gasteiger partial charge in [0.2, 0.25) is 5.91 Å². The van der Waals surface area contributed by atoms with Gasteiger partial charge in [-0.25, -0.2) is 0 Å². The predicted octanol–water partition coefficient (Wildman–Crippen LogP) is 2.32. The van der Waals surface area contributed by atoms with E-state index in [0.717, 1.165) is 0 Å². The maximum atomic E-state index is 12.5. The normalized spacial score (nSPS) is 12.3. The summed E-state index contributed by atoms with van der Waals surface area (Å²) in [7, 11) is 3.10. The van der Waals surface area contributed by atoms with Gasteiger partial charge in [-0.1, -0.05) is 0 Å². The number of amides is 2. The molecule has 0 radical (unpaired) electrons. The molecule has 0 atom stereocenters. The topological polar surface area (TPSA) is 111 Å². The predicted molar refractivity (Wildman–Crippen MR) is 110 cm³/mol. The Balaban J connectivity index is 1.41. The van der Waals surface area contributed by atoms with Crippen molar-refractivity contribution in [3.05, 3.63) is 42.1 Å². The second-order valence-electron chi connectivity index (χ2n) is 6.53. The smallest absolute Gasteiger partial charge is 0.268 e. The monoisotopic (exact) mass is 411 g/mol. The van der Waals surface area contributed by atoms with Crippen molar-refractivity contribution in [2.24, 2.45) is 0 Å². The highest BCUT2D eigenvalue weighted by Crippen LogP contribution is 2.34. The van der Waals surface area contributed by atoms with Crippen LogP contribution in [0.5, 0.6) is 23.0 Å². The molecule has 0 spiro atoms. The lowest BCUT2D eigenvalue weighted by molar-refractivity contribution is -0.115. The van der Waals surface area contributed by atoms with Crippen molar-refractivity contribution >= 4 is 28.4 Å². The molecule has 0 unspecified atom stereocenters. The van der Waals surface area contributed by atoms with Crippen LogP contribution in [0.15, 0.2) is 36.4 Å². The summed E-state index contributed by atoms with van der Waals surface area (Å²) in [5.41, 5.74) is 1.49. The minimum absolute atomic E-state index is 0.198. The van der Waals surface area contributed by atoms with Crippen LogP contribution in [-0.2, 0) is 4.79 Å². The van der Waals surface area contributed by atoms with Gasteiger partial charge in [0, 0.05) is 17.1 Å². The minimum atomic E-state index is -0.423. The second kappa shape index (κ2) is 8.24. The summed E-state index contributed by atoms with van der Waals surface area (Å²) < 4.78 is 21.6. The molecule has 0 bridgehead atoms. The molecule has 2 heterocycles. The number of ether oxygens (including phenoxy) is 4. The summed E-state index contributed by atoms with van der Waals surface area (Å²) in [6.45, 7) is 0.758. The van der Waals surface area contributed by atoms with Crippen LogP contribution < -0.4 is 29.6 Å². The van der Waals surface area contributed by atoms with Gasteiger partial charge < -0.3 is 34.6 Å². The van der Waals surface area contributed by atoms with Crippen LogP contribution in [-0.4, -0.2) is 50.8 Å². The zero-order chi connectivity index (χ0) is 21.1. The van der Waals surface area contributed by atoms with E-state index in [2.05, 4.69) is 15.6 Å². The van der Waals surface area contributed by atoms with Crippen molar-refractivity contribution in [3.8, 4) is 23.0 Å². The Labute approximate surface area is 172 Å². The number of rotatable bonds is 6. The Morgan fingerprint density at radius 2 is 1.73 bits per heavy atom. The Morgan fingerprint density at radius 3 is 2.50 bits per heavy atom. The highest BCUT2D eigenvalue weighted by molar-refractivity contribution is 6.03. The summed E-state index contributed by atoms with van der Waals surface area (Å²) in [6.07, 6.45) is 0. The average molecular weight is 411 g/mol. The Kier molecular flexibility index (Phi) is 5.34. The number of aromatic nitrogens is 1. The Morgan fingerprint density at radius 1 is 1.00 bits per heavy atom. The third kappa shape index (κ3) is 3.82. The lowest BCUT2D eigenvalue weighted by Crippen LogP contribution is -2.33. The van der Waals surface area contributed by atoms with Gasteiger partial charge in [-0.3, -0.25) is 9.59 Å². The minimum Gasteiger partial charge on any atom is -0.496 e. The van der Waals surface area contributed by atoms with Crippen molar-refractivity contribution in [2.75, 3.05) is 39.3 Å². The highest BCUT2D eigenvalue weighted by Gasteiger charge is 2.17. The summed E-state index contributed by atoms with van der Waals surface area (Å²) in [5.74, 6) is 1.61. The fraction of sp³-hybridized carbons (Fsp3) is 0.238. The first-order valence-electron chi connectivity index (χ1n) is 9.30. The molecule has 0 fully saturated rings. The fourth-order valence-corrected chi connectivity index (χ4v) is 3.22. The van der Waals surface area contributed by atoms with E-state index < -0.39 is 5.91 Å². The van der Waals surface area contributed by atoms with Gasteiger partial charge in [0.05, 0.1) is 26.3 Å². The fourth-order valence-electron chi connectivity index (χ4n) is 3.22. The number of benzene rings is 2. The molecule has 156 valence electrons. The third-order valence-corrected chi connectivity index (χ3v) is 4.64. The van der Waals surface area contributed by atoms with E-state index in [1.54, 1.807) is 50.6 Å². The molecule has 0 saturated carbocycles. The molecule has 1 aliphatic rings. The lowest BCUT2D eigenvalue weighted by atomic mass is 10.2. The molecule has 9 nitrogen and oxygen atoms in total. The molecule has 0 saturated heterocycles. The van der Waals surface area contributed by atoms with Crippen molar-refractivity contribution in [2.45, 2.75) is 0 Å². The first-order valence-corrected chi connectivity index (χ1v) is 9.30. The Hall–Kier alpha value is -3.88. The third-order valence-electron chi connectivity index (χ3n) is 4.64. The van der Waals surface area contributed by atoms with Gasteiger partial charge in [-0.2, -0.15) is 0 Å². The summed E-state index contributed by atoms with van der Waals surface area (Å²) in [6, 6.07) is 10.3. The molecule has 3 N–H and O–H groups in total. The van der Waals surface area contributed by atoms with Crippen molar-refractivity contribution in [3.63, 3.8) is 0 Å². The molecule has 30 heavy (non-hydrogen) atoms. The zero-order valence-corrected chi connectivity index (χ0v) is 16.5. The van der Waals surface area contributed by atoms with Crippen LogP contribution in [0.2, 0.25) is 0 Å². The van der Waals surface area contributed by atoms with Crippen LogP contribution in [0.25, 0.3) is 10.9 Å². The van der Waals surface area contributed by atoms with Crippen molar-refractivity contribution in [1.82, 2.24) is 10.3 Å². The molecular formula is C21H21N3O6. The standard InChI is InChI=1S/C21H21N3O6/c1-27-15-5-6-17(28-2)20-13(15)10-14(24-20)21(26)22-11-19(25)23-12-3-4-16-18(9-12)30-8-7-29-16/h3-6,9-10,24H,7-8,11H2,1-2H3,(H,22,26)(H,23,25). The van der Waals surface area contributed by atoms with E-state index in [9.17, 15) is 9.59 Å². The maximum Gasteiger partial charge on any atom is 0.268 e. The number of H-pyrrole nitrogens is 1. The quantitative estimate of drug-likeness (QED) is 0.574. The van der Waals surface area contributed by atoms with Gasteiger partial charge >= 0.3 is 0 Å². The van der Waals surface area contributed by atoms with Crippen molar-refractivity contribution in [1.29, 1.82) is 0 Å². The summed E-state index contributed by atoms with van der Waals surface area (Å²) >= 11 is 0. The molecule has 3 aromatic rings. The number of anilines is 1. The largest absolute Gasteiger partial charge is 0.496 e. The number of methoxy groups -OCH3 is 2. The number of carbonyl (C=O) groups excluding carboxylic acids is 2. The number of fused-ring (bicyclic) bond motifs is 2. The van der Waals surface area contributed by atoms with Crippen LogP contribution in [0.1, 0.15) is 10.5 Å². The van der Waals surface area contributed by atoms with E-state index in [0.29, 0.717) is 58.5 Å². The number of nitrogens with one attached hydrogen (secondary N) is 3. The first kappa shape index (κ1) is 19.4. The van der Waals surface area contributed by atoms with Gasteiger partial charge in [-0.15, -0.1) is 0 Å². The molecule has 1 aromatic heterocycles. The SMILES string of the molecule is COc1ccc(OC)c2[nH]c(C(=O)NCC(=O)Nc3ccc4c(c3)OCCO4)cc12. The number of hydrogen-bond donors (Lipinski definition) is 3. The van der Waals surface area contributed by atoms with Crippen LogP contribution in [0, 0.1) is 0 Å².